The summed E-state index contributed by atoms with van der Waals surface area (Å²) in [5.74, 6) is 0.910. The van der Waals surface area contributed by atoms with Gasteiger partial charge in [0.05, 0.1) is 0 Å². The summed E-state index contributed by atoms with van der Waals surface area (Å²) in [4.78, 5) is 7.14. The molecule has 0 bridgehead atoms. The Morgan fingerprint density at radius 2 is 2.00 bits per heavy atom. The van der Waals surface area contributed by atoms with E-state index in [1.165, 1.54) is 23.8 Å². The normalized spacial score (nSPS) is 15.3. The first kappa shape index (κ1) is 12.0. The first-order chi connectivity index (χ1) is 9.83. The number of rotatable bonds is 2. The van der Waals surface area contributed by atoms with Crippen molar-refractivity contribution in [2.45, 2.75) is 19.8 Å². The molecule has 0 saturated carbocycles. The van der Waals surface area contributed by atoms with Crippen LogP contribution in [0.25, 0.3) is 22.4 Å². The lowest BCUT2D eigenvalue weighted by Gasteiger charge is -2.12. The second-order valence-electron chi connectivity index (χ2n) is 5.26. The van der Waals surface area contributed by atoms with Crippen molar-refractivity contribution in [1.29, 1.82) is 0 Å². The van der Waals surface area contributed by atoms with Crippen molar-refractivity contribution < 1.29 is 4.42 Å². The minimum Gasteiger partial charge on any atom is -0.454 e. The molecule has 3 heterocycles. The fraction of sp³-hybridized carbons (Fsp3) is 0.312. The van der Waals surface area contributed by atoms with Crippen molar-refractivity contribution >= 4 is 27.4 Å². The van der Waals surface area contributed by atoms with E-state index < -0.39 is 0 Å². The molecule has 2 aromatic heterocycles. The Balaban J connectivity index is 1.77. The van der Waals surface area contributed by atoms with Crippen LogP contribution in [0, 0.1) is 6.92 Å². The van der Waals surface area contributed by atoms with Gasteiger partial charge in [-0.25, -0.2) is 4.98 Å². The van der Waals surface area contributed by atoms with E-state index in [2.05, 4.69) is 23.3 Å². The van der Waals surface area contributed by atoms with E-state index in [1.54, 1.807) is 11.3 Å². The van der Waals surface area contributed by atoms with Crippen LogP contribution in [0.4, 0.5) is 5.13 Å². The topological polar surface area (TPSA) is 29.3 Å². The highest BCUT2D eigenvalue weighted by atomic mass is 32.1. The largest absolute Gasteiger partial charge is 0.454 e. The lowest BCUT2D eigenvalue weighted by atomic mass is 10.1. The minimum atomic E-state index is 0.910. The van der Waals surface area contributed by atoms with Gasteiger partial charge in [-0.15, -0.1) is 11.3 Å². The highest BCUT2D eigenvalue weighted by Gasteiger charge is 2.19. The van der Waals surface area contributed by atoms with E-state index in [-0.39, 0.29) is 0 Å². The van der Waals surface area contributed by atoms with Crippen LogP contribution < -0.4 is 4.90 Å². The van der Waals surface area contributed by atoms with Gasteiger partial charge in [0.2, 0.25) is 0 Å². The van der Waals surface area contributed by atoms with Crippen LogP contribution in [0.3, 0.4) is 0 Å². The van der Waals surface area contributed by atoms with Gasteiger partial charge in [-0.2, -0.15) is 0 Å². The molecular formula is C16H16N2OS. The molecule has 1 saturated heterocycles. The van der Waals surface area contributed by atoms with Crippen LogP contribution in [-0.4, -0.2) is 18.1 Å². The molecule has 3 aromatic rings. The fourth-order valence-corrected chi connectivity index (χ4v) is 3.70. The van der Waals surface area contributed by atoms with Crippen LogP contribution in [-0.2, 0) is 0 Å². The maximum absolute atomic E-state index is 5.99. The zero-order valence-corrected chi connectivity index (χ0v) is 12.2. The van der Waals surface area contributed by atoms with Gasteiger partial charge in [0, 0.05) is 29.4 Å². The summed E-state index contributed by atoms with van der Waals surface area (Å²) in [7, 11) is 0. The number of aryl methyl sites for hydroxylation is 1. The Morgan fingerprint density at radius 3 is 2.80 bits per heavy atom. The van der Waals surface area contributed by atoms with Gasteiger partial charge in [-0.1, -0.05) is 18.2 Å². The molecule has 0 N–H and O–H groups in total. The van der Waals surface area contributed by atoms with Crippen LogP contribution in [0.1, 0.15) is 18.4 Å². The SMILES string of the molecule is Cc1c(-c2csc(N3CCCC3)n2)oc2ccccc12. The average Bonchev–Trinajstić information content (AvgIpc) is 3.17. The Kier molecular flexibility index (Phi) is 2.77. The summed E-state index contributed by atoms with van der Waals surface area (Å²) >= 11 is 1.72. The lowest BCUT2D eigenvalue weighted by molar-refractivity contribution is 0.627. The summed E-state index contributed by atoms with van der Waals surface area (Å²) in [6.45, 7) is 4.37. The number of fused-ring (bicyclic) bond motifs is 1. The van der Waals surface area contributed by atoms with Crippen molar-refractivity contribution in [3.63, 3.8) is 0 Å². The lowest BCUT2D eigenvalue weighted by Crippen LogP contribution is -2.17. The third-order valence-electron chi connectivity index (χ3n) is 3.94. The van der Waals surface area contributed by atoms with Crippen molar-refractivity contribution in [2.24, 2.45) is 0 Å². The number of aromatic nitrogens is 1. The predicted molar refractivity (Wildman–Crippen MR) is 83.5 cm³/mol. The van der Waals surface area contributed by atoms with Gasteiger partial charge in [0.15, 0.2) is 10.9 Å². The Morgan fingerprint density at radius 1 is 1.20 bits per heavy atom. The third kappa shape index (κ3) is 1.83. The second kappa shape index (κ2) is 4.63. The molecule has 0 amide bonds. The summed E-state index contributed by atoms with van der Waals surface area (Å²) in [5.41, 5.74) is 3.08. The summed E-state index contributed by atoms with van der Waals surface area (Å²) in [6.07, 6.45) is 2.55. The predicted octanol–water partition coefficient (Wildman–Crippen LogP) is 4.46. The van der Waals surface area contributed by atoms with Crippen molar-refractivity contribution in [3.8, 4) is 11.5 Å². The molecule has 0 unspecified atom stereocenters. The van der Waals surface area contributed by atoms with E-state index >= 15 is 0 Å². The van der Waals surface area contributed by atoms with Crippen LogP contribution in [0.2, 0.25) is 0 Å². The van der Waals surface area contributed by atoms with E-state index in [0.29, 0.717) is 0 Å². The van der Waals surface area contributed by atoms with Crippen LogP contribution in [0.5, 0.6) is 0 Å². The summed E-state index contributed by atoms with van der Waals surface area (Å²) in [6, 6.07) is 8.17. The molecular weight excluding hydrogens is 268 g/mol. The molecule has 1 aromatic carbocycles. The number of benzene rings is 1. The number of anilines is 1. The van der Waals surface area contributed by atoms with Crippen LogP contribution in [0.15, 0.2) is 34.1 Å². The highest BCUT2D eigenvalue weighted by molar-refractivity contribution is 7.14. The standard InChI is InChI=1S/C16H16N2OS/c1-11-12-6-2-3-7-14(12)19-15(11)13-10-20-16(17-13)18-8-4-5-9-18/h2-3,6-7,10H,4-5,8-9H2,1H3. The van der Waals surface area contributed by atoms with E-state index in [0.717, 1.165) is 35.3 Å². The number of nitrogens with zero attached hydrogens (tertiary/aromatic N) is 2. The number of para-hydroxylation sites is 1. The van der Waals surface area contributed by atoms with Crippen molar-refractivity contribution in [3.05, 3.63) is 35.2 Å². The maximum atomic E-state index is 5.99. The molecule has 0 radical (unpaired) electrons. The maximum Gasteiger partial charge on any atom is 0.185 e. The number of hydrogen-bond donors (Lipinski definition) is 0. The molecule has 1 aliphatic rings. The Labute approximate surface area is 121 Å². The van der Waals surface area contributed by atoms with Gasteiger partial charge in [-0.05, 0) is 25.8 Å². The molecule has 1 fully saturated rings. The third-order valence-corrected chi connectivity index (χ3v) is 4.85. The van der Waals surface area contributed by atoms with Gasteiger partial charge in [0.25, 0.3) is 0 Å². The summed E-state index contributed by atoms with van der Waals surface area (Å²) < 4.78 is 5.99. The number of hydrogen-bond acceptors (Lipinski definition) is 4. The van der Waals surface area contributed by atoms with Gasteiger partial charge in [-0.3, -0.25) is 0 Å². The first-order valence-electron chi connectivity index (χ1n) is 7.02. The number of furan rings is 1. The number of thiazole rings is 1. The van der Waals surface area contributed by atoms with Crippen LogP contribution >= 0.6 is 11.3 Å². The minimum absolute atomic E-state index is 0.910. The summed E-state index contributed by atoms with van der Waals surface area (Å²) in [5, 5.41) is 4.41. The van der Waals surface area contributed by atoms with E-state index in [4.69, 9.17) is 9.40 Å². The highest BCUT2D eigenvalue weighted by Crippen LogP contribution is 2.35. The zero-order chi connectivity index (χ0) is 13.5. The average molecular weight is 284 g/mol. The molecule has 20 heavy (non-hydrogen) atoms. The molecule has 4 heteroatoms. The monoisotopic (exact) mass is 284 g/mol. The van der Waals surface area contributed by atoms with Crippen molar-refractivity contribution in [2.75, 3.05) is 18.0 Å². The smallest absolute Gasteiger partial charge is 0.185 e. The van der Waals surface area contributed by atoms with Gasteiger partial charge in [0.1, 0.15) is 11.3 Å². The van der Waals surface area contributed by atoms with Crippen molar-refractivity contribution in [1.82, 2.24) is 4.98 Å². The van der Waals surface area contributed by atoms with Gasteiger partial charge < -0.3 is 9.32 Å². The first-order valence-corrected chi connectivity index (χ1v) is 7.90. The molecule has 0 aliphatic carbocycles. The molecule has 1 aliphatic heterocycles. The van der Waals surface area contributed by atoms with E-state index in [1.807, 2.05) is 18.2 Å². The second-order valence-corrected chi connectivity index (χ2v) is 6.10. The van der Waals surface area contributed by atoms with Gasteiger partial charge >= 0.3 is 0 Å². The molecule has 0 spiro atoms. The molecule has 0 atom stereocenters. The molecule has 4 rings (SSSR count). The Bertz CT molecular complexity index is 753. The van der Waals surface area contributed by atoms with E-state index in [9.17, 15) is 0 Å². The zero-order valence-electron chi connectivity index (χ0n) is 11.4. The quantitative estimate of drug-likeness (QED) is 0.695. The Hall–Kier alpha value is -1.81. The molecule has 3 nitrogen and oxygen atoms in total. The fourth-order valence-electron chi connectivity index (χ4n) is 2.84. The molecule has 102 valence electrons.